The molecule has 0 fully saturated rings. The van der Waals surface area contributed by atoms with Gasteiger partial charge in [-0.15, -0.1) is 0 Å². The minimum absolute atomic E-state index is 0.00323. The third kappa shape index (κ3) is 3.83. The number of thiocarbonyl (C=S) groups is 1. The molecule has 3 rings (SSSR count). The van der Waals surface area contributed by atoms with Crippen LogP contribution in [0.15, 0.2) is 42.7 Å². The van der Waals surface area contributed by atoms with Gasteiger partial charge in [-0.25, -0.2) is 4.98 Å². The van der Waals surface area contributed by atoms with Gasteiger partial charge in [-0.1, -0.05) is 0 Å². The number of nitrogens with two attached hydrogens (primary N) is 1. The van der Waals surface area contributed by atoms with Gasteiger partial charge in [0.25, 0.3) is 5.69 Å². The second-order valence-corrected chi connectivity index (χ2v) is 5.79. The number of fused-ring (bicyclic) bond motifs is 1. The van der Waals surface area contributed by atoms with Crippen LogP contribution in [0.2, 0.25) is 0 Å². The van der Waals surface area contributed by atoms with Crippen LogP contribution in [0.25, 0.3) is 11.0 Å². The summed E-state index contributed by atoms with van der Waals surface area (Å²) >= 11 is 5.26. The number of benzene rings is 1. The molecule has 128 valence electrons. The van der Waals surface area contributed by atoms with E-state index in [0.717, 1.165) is 16.6 Å². The molecule has 3 aromatic rings. The topological polar surface area (TPSA) is 122 Å². The van der Waals surface area contributed by atoms with E-state index >= 15 is 0 Å². The summed E-state index contributed by atoms with van der Waals surface area (Å²) in [4.78, 5) is 17.7. The highest BCUT2D eigenvalue weighted by molar-refractivity contribution is 7.80. The summed E-state index contributed by atoms with van der Waals surface area (Å²) in [5.41, 5.74) is 8.83. The molecule has 8 nitrogen and oxygen atoms in total. The monoisotopic (exact) mass is 356 g/mol. The van der Waals surface area contributed by atoms with Gasteiger partial charge in [0.1, 0.15) is 5.65 Å². The van der Waals surface area contributed by atoms with Gasteiger partial charge in [0.15, 0.2) is 5.11 Å². The van der Waals surface area contributed by atoms with Crippen molar-refractivity contribution in [2.24, 2.45) is 0 Å². The number of H-pyrrole nitrogens is 1. The number of nitrogens with zero attached hydrogens (tertiary/aromatic N) is 2. The molecule has 0 aliphatic carbocycles. The summed E-state index contributed by atoms with van der Waals surface area (Å²) in [6, 6.07) is 8.22. The molecule has 0 bridgehead atoms. The average molecular weight is 356 g/mol. The van der Waals surface area contributed by atoms with E-state index in [1.165, 1.54) is 18.2 Å². The van der Waals surface area contributed by atoms with Crippen LogP contribution in [-0.4, -0.2) is 20.0 Å². The van der Waals surface area contributed by atoms with Crippen LogP contribution in [0, 0.1) is 10.1 Å². The maximum atomic E-state index is 10.8. The molecule has 25 heavy (non-hydrogen) atoms. The molecule has 0 aliphatic rings. The molecule has 0 aliphatic heterocycles. The van der Waals surface area contributed by atoms with Crippen molar-refractivity contribution in [2.75, 3.05) is 5.73 Å². The van der Waals surface area contributed by atoms with Crippen molar-refractivity contribution in [3.8, 4) is 0 Å². The Kier molecular flexibility index (Phi) is 4.75. The highest BCUT2D eigenvalue weighted by Gasteiger charge is 2.09. The summed E-state index contributed by atoms with van der Waals surface area (Å²) < 4.78 is 0. The Morgan fingerprint density at radius 2 is 2.00 bits per heavy atom. The highest BCUT2D eigenvalue weighted by atomic mass is 32.1. The Balaban J connectivity index is 1.59. The third-order valence-electron chi connectivity index (χ3n) is 3.77. The summed E-state index contributed by atoms with van der Waals surface area (Å²) in [5, 5.41) is 18.4. The molecule has 0 saturated carbocycles. The van der Waals surface area contributed by atoms with Crippen molar-refractivity contribution < 1.29 is 4.92 Å². The molecule has 0 radical (unpaired) electrons. The first-order chi connectivity index (χ1) is 12.0. The number of nitrogens with one attached hydrogen (secondary N) is 3. The van der Waals surface area contributed by atoms with Gasteiger partial charge in [0, 0.05) is 54.3 Å². The van der Waals surface area contributed by atoms with E-state index in [0.29, 0.717) is 29.5 Å². The van der Waals surface area contributed by atoms with Gasteiger partial charge in [0.2, 0.25) is 0 Å². The number of aromatic amines is 1. The number of nitrogen functional groups attached to an aromatic ring is 1. The lowest BCUT2D eigenvalue weighted by Gasteiger charge is -2.12. The van der Waals surface area contributed by atoms with Crippen molar-refractivity contribution in [1.82, 2.24) is 20.6 Å². The smallest absolute Gasteiger partial charge is 0.269 e. The van der Waals surface area contributed by atoms with Crippen LogP contribution in [0.5, 0.6) is 0 Å². The first-order valence-electron chi connectivity index (χ1n) is 7.50. The molecule has 0 unspecified atom stereocenters. The van der Waals surface area contributed by atoms with Gasteiger partial charge in [0.05, 0.1) is 4.92 Å². The fraction of sp³-hybridized carbons (Fsp3) is 0.125. The molecule has 0 spiro atoms. The number of nitro benzene ring substituents is 1. The van der Waals surface area contributed by atoms with E-state index in [4.69, 9.17) is 18.0 Å². The number of non-ortho nitro benzene ring substituents is 1. The number of hydrogen-bond acceptors (Lipinski definition) is 5. The van der Waals surface area contributed by atoms with Gasteiger partial charge >= 0.3 is 0 Å². The lowest BCUT2D eigenvalue weighted by molar-refractivity contribution is -0.384. The van der Waals surface area contributed by atoms with E-state index in [-0.39, 0.29) is 5.69 Å². The van der Waals surface area contributed by atoms with Crippen LogP contribution < -0.4 is 16.4 Å². The van der Waals surface area contributed by atoms with Crippen LogP contribution in [-0.2, 0) is 13.1 Å². The molecule has 2 heterocycles. The van der Waals surface area contributed by atoms with Crippen molar-refractivity contribution in [3.63, 3.8) is 0 Å². The molecule has 0 atom stereocenters. The molecular weight excluding hydrogens is 340 g/mol. The van der Waals surface area contributed by atoms with Crippen molar-refractivity contribution in [1.29, 1.82) is 0 Å². The van der Waals surface area contributed by atoms with E-state index in [1.807, 2.05) is 18.3 Å². The van der Waals surface area contributed by atoms with E-state index < -0.39 is 4.92 Å². The lowest BCUT2D eigenvalue weighted by Crippen LogP contribution is -2.34. The van der Waals surface area contributed by atoms with Crippen LogP contribution in [0.4, 0.5) is 11.4 Å². The van der Waals surface area contributed by atoms with E-state index in [1.54, 1.807) is 6.20 Å². The molecule has 0 amide bonds. The fourth-order valence-corrected chi connectivity index (χ4v) is 2.59. The Bertz CT molecular complexity index is 939. The summed E-state index contributed by atoms with van der Waals surface area (Å²) in [6.45, 7) is 0.836. The maximum Gasteiger partial charge on any atom is 0.269 e. The van der Waals surface area contributed by atoms with Gasteiger partial charge in [-0.2, -0.15) is 0 Å². The largest absolute Gasteiger partial charge is 0.398 e. The Morgan fingerprint density at radius 1 is 1.24 bits per heavy atom. The van der Waals surface area contributed by atoms with Crippen LogP contribution >= 0.6 is 12.2 Å². The van der Waals surface area contributed by atoms with Gasteiger partial charge in [-0.3, -0.25) is 10.1 Å². The lowest BCUT2D eigenvalue weighted by atomic mass is 10.1. The Labute approximate surface area is 148 Å². The van der Waals surface area contributed by atoms with Crippen LogP contribution in [0.3, 0.4) is 0 Å². The number of aromatic nitrogens is 2. The van der Waals surface area contributed by atoms with Crippen LogP contribution in [0.1, 0.15) is 11.1 Å². The number of nitro groups is 1. The zero-order chi connectivity index (χ0) is 17.8. The van der Waals surface area contributed by atoms with E-state index in [9.17, 15) is 10.1 Å². The SMILES string of the molecule is Nc1ccc([N+](=O)[O-])cc1CNC(=S)NCc1ccnc2[nH]ccc12. The highest BCUT2D eigenvalue weighted by Crippen LogP contribution is 2.19. The summed E-state index contributed by atoms with van der Waals surface area (Å²) in [6.07, 6.45) is 3.57. The first-order valence-corrected chi connectivity index (χ1v) is 7.91. The molecule has 9 heteroatoms. The van der Waals surface area contributed by atoms with Gasteiger partial charge < -0.3 is 21.4 Å². The average Bonchev–Trinajstić information content (AvgIpc) is 3.08. The zero-order valence-electron chi connectivity index (χ0n) is 13.2. The van der Waals surface area contributed by atoms with E-state index in [2.05, 4.69) is 20.6 Å². The molecule has 0 saturated heterocycles. The zero-order valence-corrected chi connectivity index (χ0v) is 14.0. The predicted octanol–water partition coefficient (Wildman–Crippen LogP) is 2.22. The third-order valence-corrected chi connectivity index (χ3v) is 4.06. The summed E-state index contributed by atoms with van der Waals surface area (Å²) in [7, 11) is 0. The molecule has 2 aromatic heterocycles. The predicted molar refractivity (Wildman–Crippen MR) is 99.9 cm³/mol. The van der Waals surface area contributed by atoms with Crippen molar-refractivity contribution in [3.05, 3.63) is 64.0 Å². The molecule has 1 aromatic carbocycles. The second kappa shape index (κ2) is 7.14. The molecular formula is C16H16N6O2S. The standard InChI is InChI=1S/C16H16N6O2S/c17-14-2-1-12(22(23)24)7-11(14)9-21-16(25)20-8-10-3-5-18-15-13(10)4-6-19-15/h1-7H,8-9,17H2,(H,18,19)(H2,20,21,25). The van der Waals surface area contributed by atoms with Crippen molar-refractivity contribution in [2.45, 2.75) is 13.1 Å². The number of pyridine rings is 1. The Hall–Kier alpha value is -3.20. The van der Waals surface area contributed by atoms with Crippen molar-refractivity contribution >= 4 is 39.7 Å². The first kappa shape index (κ1) is 16.7. The minimum atomic E-state index is -0.453. The number of rotatable bonds is 5. The maximum absolute atomic E-state index is 10.8. The van der Waals surface area contributed by atoms with Gasteiger partial charge in [-0.05, 0) is 36.0 Å². The number of anilines is 1. The normalized spacial score (nSPS) is 10.6. The second-order valence-electron chi connectivity index (χ2n) is 5.39. The number of hydrogen-bond donors (Lipinski definition) is 4. The molecule has 5 N–H and O–H groups in total. The quantitative estimate of drug-likeness (QED) is 0.239. The minimum Gasteiger partial charge on any atom is -0.398 e. The Morgan fingerprint density at radius 3 is 2.76 bits per heavy atom. The fourth-order valence-electron chi connectivity index (χ4n) is 2.44. The summed E-state index contributed by atoms with van der Waals surface area (Å²) in [5.74, 6) is 0.